The van der Waals surface area contributed by atoms with Gasteiger partial charge in [0.1, 0.15) is 22.3 Å². The Morgan fingerprint density at radius 2 is 2.00 bits per heavy atom. The van der Waals surface area contributed by atoms with E-state index in [1.54, 1.807) is 16.8 Å². The van der Waals surface area contributed by atoms with Crippen LogP contribution in [0.5, 0.6) is 0 Å². The Labute approximate surface area is 195 Å². The molecule has 0 amide bonds. The zero-order chi connectivity index (χ0) is 22.2. The first-order valence-electron chi connectivity index (χ1n) is 10.0. The van der Waals surface area contributed by atoms with Gasteiger partial charge in [0.2, 0.25) is 0 Å². The third-order valence-electron chi connectivity index (χ3n) is 5.13. The molecule has 5 rings (SSSR count). The monoisotopic (exact) mass is 512 g/mol. The number of benzene rings is 1. The van der Waals surface area contributed by atoms with E-state index in [0.717, 1.165) is 11.8 Å². The van der Waals surface area contributed by atoms with Gasteiger partial charge in [0.25, 0.3) is 5.56 Å². The van der Waals surface area contributed by atoms with E-state index in [1.165, 1.54) is 10.8 Å². The van der Waals surface area contributed by atoms with Crippen molar-refractivity contribution < 1.29 is 0 Å². The number of para-hydroxylation sites is 1. The summed E-state index contributed by atoms with van der Waals surface area (Å²) >= 11 is 9.80. The molecule has 9 nitrogen and oxygen atoms in total. The number of anilines is 1. The number of rotatable bonds is 6. The van der Waals surface area contributed by atoms with Gasteiger partial charge in [0.15, 0.2) is 11.5 Å². The van der Waals surface area contributed by atoms with Crippen LogP contribution in [-0.2, 0) is 6.54 Å². The van der Waals surface area contributed by atoms with Crippen molar-refractivity contribution in [3.05, 3.63) is 74.7 Å². The standard InChI is InChI=1S/C21H18BrClN8O/c1-2-9-29(20-16-18(22)26-27-19(16)24-12-25-20)11-15-28-30-10-8-14(23)17(30)21(32)31(15)13-6-4-3-5-7-13/h3-8,10,12H,2,9,11H2,1H3,(H,24,25,26,27). The second-order valence-corrected chi connectivity index (χ2v) is 8.40. The molecule has 5 aromatic rings. The summed E-state index contributed by atoms with van der Waals surface area (Å²) in [6.45, 7) is 3.12. The topological polar surface area (TPSA) is 97.0 Å². The van der Waals surface area contributed by atoms with Crippen LogP contribution in [0.2, 0.25) is 5.02 Å². The average Bonchev–Trinajstić information content (AvgIpc) is 3.37. The van der Waals surface area contributed by atoms with Crippen molar-refractivity contribution in [1.82, 2.24) is 34.3 Å². The fourth-order valence-electron chi connectivity index (χ4n) is 3.77. The Balaban J connectivity index is 1.71. The van der Waals surface area contributed by atoms with E-state index in [1.807, 2.05) is 30.3 Å². The van der Waals surface area contributed by atoms with Crippen molar-refractivity contribution >= 4 is 49.9 Å². The molecular weight excluding hydrogens is 496 g/mol. The van der Waals surface area contributed by atoms with Crippen LogP contribution in [0.3, 0.4) is 0 Å². The summed E-state index contributed by atoms with van der Waals surface area (Å²) in [6.07, 6.45) is 4.05. The maximum absolute atomic E-state index is 13.5. The molecule has 0 saturated heterocycles. The van der Waals surface area contributed by atoms with Crippen LogP contribution in [0.25, 0.3) is 22.2 Å². The summed E-state index contributed by atoms with van der Waals surface area (Å²) in [4.78, 5) is 24.3. The predicted octanol–water partition coefficient (Wildman–Crippen LogP) is 3.98. The van der Waals surface area contributed by atoms with Gasteiger partial charge < -0.3 is 4.90 Å². The number of nitrogens with one attached hydrogen (secondary N) is 1. The number of nitrogens with zero attached hydrogens (tertiary/aromatic N) is 7. The first-order valence-corrected chi connectivity index (χ1v) is 11.2. The Kier molecular flexibility index (Phi) is 5.40. The molecule has 0 unspecified atom stereocenters. The quantitative estimate of drug-likeness (QED) is 0.369. The van der Waals surface area contributed by atoms with Crippen LogP contribution in [0, 0.1) is 0 Å². The molecule has 162 valence electrons. The molecule has 0 aliphatic rings. The lowest BCUT2D eigenvalue weighted by atomic mass is 10.3. The van der Waals surface area contributed by atoms with E-state index in [0.29, 0.717) is 51.2 Å². The number of H-pyrrole nitrogens is 1. The largest absolute Gasteiger partial charge is 0.348 e. The van der Waals surface area contributed by atoms with Gasteiger partial charge in [-0.15, -0.1) is 0 Å². The first kappa shape index (κ1) is 20.7. The van der Waals surface area contributed by atoms with Crippen molar-refractivity contribution in [2.24, 2.45) is 0 Å². The van der Waals surface area contributed by atoms with Crippen LogP contribution >= 0.6 is 27.5 Å². The Hall–Kier alpha value is -3.24. The van der Waals surface area contributed by atoms with Gasteiger partial charge in [-0.2, -0.15) is 10.2 Å². The lowest BCUT2D eigenvalue weighted by molar-refractivity contribution is 0.667. The predicted molar refractivity (Wildman–Crippen MR) is 127 cm³/mol. The van der Waals surface area contributed by atoms with Gasteiger partial charge in [-0.1, -0.05) is 36.7 Å². The van der Waals surface area contributed by atoms with Crippen LogP contribution in [0.1, 0.15) is 19.2 Å². The number of aromatic nitrogens is 7. The summed E-state index contributed by atoms with van der Waals surface area (Å²) in [5, 5.41) is 13.0. The van der Waals surface area contributed by atoms with Gasteiger partial charge in [-0.3, -0.25) is 14.5 Å². The van der Waals surface area contributed by atoms with E-state index in [2.05, 4.69) is 47.9 Å². The van der Waals surface area contributed by atoms with Gasteiger partial charge >= 0.3 is 0 Å². The zero-order valence-electron chi connectivity index (χ0n) is 17.0. The maximum atomic E-state index is 13.5. The Morgan fingerprint density at radius 1 is 1.19 bits per heavy atom. The summed E-state index contributed by atoms with van der Waals surface area (Å²) in [7, 11) is 0. The molecule has 4 aromatic heterocycles. The third-order valence-corrected chi connectivity index (χ3v) is 6.01. The van der Waals surface area contributed by atoms with E-state index in [-0.39, 0.29) is 5.56 Å². The number of hydrogen-bond acceptors (Lipinski definition) is 6. The third kappa shape index (κ3) is 3.45. The molecule has 0 fully saturated rings. The molecule has 0 saturated carbocycles. The van der Waals surface area contributed by atoms with Crippen molar-refractivity contribution in [2.75, 3.05) is 11.4 Å². The molecular formula is C21H18BrClN8O. The minimum Gasteiger partial charge on any atom is -0.348 e. The molecule has 0 aliphatic heterocycles. The number of hydrogen-bond donors (Lipinski definition) is 1. The van der Waals surface area contributed by atoms with Crippen molar-refractivity contribution in [2.45, 2.75) is 19.9 Å². The van der Waals surface area contributed by atoms with Crippen LogP contribution in [0.15, 0.2) is 58.3 Å². The van der Waals surface area contributed by atoms with Gasteiger partial charge in [-0.05, 0) is 40.5 Å². The van der Waals surface area contributed by atoms with E-state index < -0.39 is 0 Å². The molecule has 0 aliphatic carbocycles. The van der Waals surface area contributed by atoms with E-state index in [9.17, 15) is 4.79 Å². The number of aromatic amines is 1. The molecule has 0 atom stereocenters. The highest BCUT2D eigenvalue weighted by Gasteiger charge is 2.21. The summed E-state index contributed by atoms with van der Waals surface area (Å²) in [5.74, 6) is 1.26. The van der Waals surface area contributed by atoms with Gasteiger partial charge in [0.05, 0.1) is 22.6 Å². The maximum Gasteiger partial charge on any atom is 0.284 e. The van der Waals surface area contributed by atoms with Gasteiger partial charge in [-0.25, -0.2) is 14.5 Å². The highest BCUT2D eigenvalue weighted by atomic mass is 79.9. The molecule has 32 heavy (non-hydrogen) atoms. The highest BCUT2D eigenvalue weighted by Crippen LogP contribution is 2.29. The summed E-state index contributed by atoms with van der Waals surface area (Å²) in [6, 6.07) is 11.1. The number of halogens is 2. The molecule has 11 heteroatoms. The Morgan fingerprint density at radius 3 is 2.78 bits per heavy atom. The van der Waals surface area contributed by atoms with Crippen LogP contribution < -0.4 is 10.5 Å². The number of fused-ring (bicyclic) bond motifs is 2. The zero-order valence-corrected chi connectivity index (χ0v) is 19.4. The fraction of sp³-hybridized carbons (Fsp3) is 0.190. The van der Waals surface area contributed by atoms with Crippen LogP contribution in [-0.4, -0.2) is 40.9 Å². The molecule has 0 spiro atoms. The fourth-order valence-corrected chi connectivity index (χ4v) is 4.43. The summed E-state index contributed by atoms with van der Waals surface area (Å²) in [5.41, 5.74) is 1.38. The van der Waals surface area contributed by atoms with E-state index >= 15 is 0 Å². The van der Waals surface area contributed by atoms with Crippen molar-refractivity contribution in [3.8, 4) is 5.69 Å². The Bertz CT molecular complexity index is 1480. The first-order chi connectivity index (χ1) is 15.6. The molecule has 1 N–H and O–H groups in total. The average molecular weight is 514 g/mol. The smallest absolute Gasteiger partial charge is 0.284 e. The minimum atomic E-state index is -0.232. The minimum absolute atomic E-state index is 0.232. The van der Waals surface area contributed by atoms with Crippen LogP contribution in [0.4, 0.5) is 5.82 Å². The highest BCUT2D eigenvalue weighted by molar-refractivity contribution is 9.10. The lowest BCUT2D eigenvalue weighted by Crippen LogP contribution is -2.32. The normalized spacial score (nSPS) is 11.5. The van der Waals surface area contributed by atoms with Gasteiger partial charge in [0, 0.05) is 12.7 Å². The van der Waals surface area contributed by atoms with E-state index in [4.69, 9.17) is 16.7 Å². The molecule has 0 radical (unpaired) electrons. The lowest BCUT2D eigenvalue weighted by Gasteiger charge is -2.25. The second-order valence-electron chi connectivity index (χ2n) is 7.20. The molecule has 0 bridgehead atoms. The molecule has 4 heterocycles. The van der Waals surface area contributed by atoms with Crippen molar-refractivity contribution in [3.63, 3.8) is 0 Å². The molecule has 1 aromatic carbocycles. The second kappa shape index (κ2) is 8.36. The SMILES string of the molecule is CCCN(Cc1nn2ccc(Cl)c2c(=O)n1-c1ccccc1)c1ncnc2n[nH]c(Br)c12. The van der Waals surface area contributed by atoms with Crippen molar-refractivity contribution in [1.29, 1.82) is 0 Å². The summed E-state index contributed by atoms with van der Waals surface area (Å²) < 4.78 is 3.84.